The Morgan fingerprint density at radius 1 is 1.45 bits per heavy atom. The van der Waals surface area contributed by atoms with E-state index >= 15 is 0 Å². The molecule has 0 aromatic heterocycles. The van der Waals surface area contributed by atoms with Gasteiger partial charge >= 0.3 is 6.30 Å². The van der Waals surface area contributed by atoms with Gasteiger partial charge in [0.25, 0.3) is 0 Å². The average molecular weight is 169 g/mol. The highest BCUT2D eigenvalue weighted by molar-refractivity contribution is 5.14. The molecule has 11 heavy (non-hydrogen) atoms. The summed E-state index contributed by atoms with van der Waals surface area (Å²) in [4.78, 5) is 0. The number of hydrogen-bond donors (Lipinski definition) is 1. The maximum absolute atomic E-state index is 12.3. The largest absolute Gasteiger partial charge is 0.482 e. The topological polar surface area (TPSA) is 12.0 Å². The van der Waals surface area contributed by atoms with Crippen molar-refractivity contribution in [2.24, 2.45) is 0 Å². The molecule has 1 N–H and O–H groups in total. The first-order valence-corrected chi connectivity index (χ1v) is 2.70. The minimum atomic E-state index is -4.59. The standard InChI is InChI=1S/C6H7F4N/c1-3-5(7)4(2)11-6(8,9)10/h3,11H,1H2,2H3/b5-4+. The van der Waals surface area contributed by atoms with E-state index in [0.717, 1.165) is 12.2 Å². The second-order valence-corrected chi connectivity index (χ2v) is 1.80. The van der Waals surface area contributed by atoms with Crippen molar-refractivity contribution in [3.63, 3.8) is 0 Å². The fraction of sp³-hybridized carbons (Fsp3) is 0.333. The summed E-state index contributed by atoms with van der Waals surface area (Å²) in [5, 5.41) is 1.00. The molecule has 0 aromatic carbocycles. The van der Waals surface area contributed by atoms with Gasteiger partial charge in [-0.2, -0.15) is 13.2 Å². The van der Waals surface area contributed by atoms with E-state index < -0.39 is 17.8 Å². The van der Waals surface area contributed by atoms with Gasteiger partial charge in [0, 0.05) is 0 Å². The van der Waals surface area contributed by atoms with Crippen LogP contribution < -0.4 is 5.32 Å². The van der Waals surface area contributed by atoms with Gasteiger partial charge in [-0.1, -0.05) is 6.58 Å². The first-order chi connectivity index (χ1) is 4.87. The molecule has 1 nitrogen and oxygen atoms in total. The fourth-order valence-electron chi connectivity index (χ4n) is 0.425. The first-order valence-electron chi connectivity index (χ1n) is 2.70. The second-order valence-electron chi connectivity index (χ2n) is 1.80. The normalized spacial score (nSPS) is 13.9. The maximum Gasteiger partial charge on any atom is 0.482 e. The first kappa shape index (κ1) is 10.0. The molecule has 0 unspecified atom stereocenters. The van der Waals surface area contributed by atoms with Crippen molar-refractivity contribution in [3.8, 4) is 0 Å². The summed E-state index contributed by atoms with van der Waals surface area (Å²) in [7, 11) is 0. The molecule has 0 radical (unpaired) electrons. The Labute approximate surface area is 61.4 Å². The minimum Gasteiger partial charge on any atom is -0.299 e. The predicted octanol–water partition coefficient (Wildman–Crippen LogP) is 2.48. The van der Waals surface area contributed by atoms with E-state index in [1.807, 2.05) is 0 Å². The Balaban J connectivity index is 4.28. The molecule has 0 saturated carbocycles. The lowest BCUT2D eigenvalue weighted by molar-refractivity contribution is -0.149. The van der Waals surface area contributed by atoms with E-state index in [9.17, 15) is 17.6 Å². The van der Waals surface area contributed by atoms with Gasteiger partial charge in [-0.15, -0.1) is 0 Å². The molecule has 0 amide bonds. The zero-order chi connectivity index (χ0) is 9.07. The van der Waals surface area contributed by atoms with Crippen LogP contribution in [0.2, 0.25) is 0 Å². The number of nitrogens with one attached hydrogen (secondary N) is 1. The molecule has 0 rings (SSSR count). The van der Waals surface area contributed by atoms with Crippen LogP contribution >= 0.6 is 0 Å². The lowest BCUT2D eigenvalue weighted by atomic mass is 10.4. The Morgan fingerprint density at radius 2 is 1.91 bits per heavy atom. The monoisotopic (exact) mass is 169 g/mol. The Hall–Kier alpha value is -1.00. The lowest BCUT2D eigenvalue weighted by Gasteiger charge is -2.09. The molecule has 0 saturated heterocycles. The van der Waals surface area contributed by atoms with Crippen LogP contribution in [0.5, 0.6) is 0 Å². The van der Waals surface area contributed by atoms with Gasteiger partial charge in [-0.05, 0) is 13.0 Å². The Morgan fingerprint density at radius 3 is 2.18 bits per heavy atom. The quantitative estimate of drug-likeness (QED) is 0.380. The molecule has 0 aliphatic heterocycles. The van der Waals surface area contributed by atoms with Gasteiger partial charge < -0.3 is 0 Å². The maximum atomic E-state index is 12.3. The highest BCUT2D eigenvalue weighted by Gasteiger charge is 2.27. The van der Waals surface area contributed by atoms with Crippen LogP contribution in [-0.2, 0) is 0 Å². The molecular weight excluding hydrogens is 162 g/mol. The summed E-state index contributed by atoms with van der Waals surface area (Å²) in [6.07, 6.45) is -3.89. The zero-order valence-corrected chi connectivity index (χ0v) is 5.80. The molecule has 0 spiro atoms. The van der Waals surface area contributed by atoms with Crippen molar-refractivity contribution in [3.05, 3.63) is 24.2 Å². The van der Waals surface area contributed by atoms with Crippen molar-refractivity contribution in [1.82, 2.24) is 5.32 Å². The number of hydrogen-bond acceptors (Lipinski definition) is 1. The molecule has 5 heteroatoms. The minimum absolute atomic E-state index is 0.590. The van der Waals surface area contributed by atoms with Gasteiger partial charge in [0.1, 0.15) is 5.83 Å². The van der Waals surface area contributed by atoms with Crippen LogP contribution in [0.25, 0.3) is 0 Å². The third-order valence-corrected chi connectivity index (χ3v) is 0.867. The summed E-state index contributed by atoms with van der Waals surface area (Å²) >= 11 is 0. The van der Waals surface area contributed by atoms with Gasteiger partial charge in [-0.25, -0.2) is 4.39 Å². The van der Waals surface area contributed by atoms with Crippen LogP contribution in [0, 0.1) is 0 Å². The summed E-state index contributed by atoms with van der Waals surface area (Å²) in [6, 6.07) is 0. The van der Waals surface area contributed by atoms with E-state index in [4.69, 9.17) is 0 Å². The van der Waals surface area contributed by atoms with Crippen LogP contribution in [0.15, 0.2) is 24.2 Å². The molecule has 64 valence electrons. The van der Waals surface area contributed by atoms with Crippen molar-refractivity contribution < 1.29 is 17.6 Å². The number of allylic oxidation sites excluding steroid dienone is 3. The summed E-state index contributed by atoms with van der Waals surface area (Å²) in [5.41, 5.74) is -0.590. The summed E-state index contributed by atoms with van der Waals surface area (Å²) in [5.74, 6) is -1.01. The van der Waals surface area contributed by atoms with E-state index in [1.54, 1.807) is 0 Å². The van der Waals surface area contributed by atoms with Crippen LogP contribution in [0.3, 0.4) is 0 Å². The van der Waals surface area contributed by atoms with Crippen molar-refractivity contribution in [1.29, 1.82) is 0 Å². The van der Waals surface area contributed by atoms with Gasteiger partial charge in [-0.3, -0.25) is 5.32 Å². The van der Waals surface area contributed by atoms with Crippen LogP contribution in [0.1, 0.15) is 6.92 Å². The van der Waals surface area contributed by atoms with E-state index in [-0.39, 0.29) is 0 Å². The summed E-state index contributed by atoms with van der Waals surface area (Å²) < 4.78 is 46.6. The average Bonchev–Trinajstić information content (AvgIpc) is 1.82. The third-order valence-electron chi connectivity index (χ3n) is 0.867. The number of halogens is 4. The van der Waals surface area contributed by atoms with E-state index in [2.05, 4.69) is 6.58 Å². The van der Waals surface area contributed by atoms with Gasteiger partial charge in [0.05, 0.1) is 5.70 Å². The predicted molar refractivity (Wildman–Crippen MR) is 33.2 cm³/mol. The summed E-state index contributed by atoms with van der Waals surface area (Å²) in [6.45, 7) is 3.95. The Kier molecular flexibility index (Phi) is 3.10. The zero-order valence-electron chi connectivity index (χ0n) is 5.80. The molecule has 0 fully saturated rings. The smallest absolute Gasteiger partial charge is 0.299 e. The second kappa shape index (κ2) is 3.41. The molecule has 0 aliphatic rings. The number of rotatable bonds is 2. The fourth-order valence-corrected chi connectivity index (χ4v) is 0.425. The SMILES string of the molecule is C=C/C(F)=C(/C)NC(F)(F)F. The van der Waals surface area contributed by atoms with Crippen molar-refractivity contribution >= 4 is 0 Å². The van der Waals surface area contributed by atoms with E-state index in [0.29, 0.717) is 6.08 Å². The molecule has 0 bridgehead atoms. The Bertz CT molecular complexity index is 180. The molecule has 0 atom stereocenters. The molecule has 0 heterocycles. The molecular formula is C6H7F4N. The highest BCUT2D eigenvalue weighted by Crippen LogP contribution is 2.14. The van der Waals surface area contributed by atoms with Gasteiger partial charge in [0.2, 0.25) is 0 Å². The van der Waals surface area contributed by atoms with Gasteiger partial charge in [0.15, 0.2) is 0 Å². The van der Waals surface area contributed by atoms with Crippen molar-refractivity contribution in [2.75, 3.05) is 0 Å². The number of alkyl halides is 3. The highest BCUT2D eigenvalue weighted by atomic mass is 19.4. The van der Waals surface area contributed by atoms with Crippen molar-refractivity contribution in [2.45, 2.75) is 13.2 Å². The van der Waals surface area contributed by atoms with Crippen LogP contribution in [0.4, 0.5) is 17.6 Å². The molecule has 0 aliphatic carbocycles. The van der Waals surface area contributed by atoms with Crippen LogP contribution in [-0.4, -0.2) is 6.30 Å². The third kappa shape index (κ3) is 4.41. The molecule has 0 aromatic rings. The lowest BCUT2D eigenvalue weighted by Crippen LogP contribution is -2.30. The van der Waals surface area contributed by atoms with E-state index in [1.165, 1.54) is 0 Å².